The van der Waals surface area contributed by atoms with Crippen LogP contribution in [0.15, 0.2) is 47.6 Å². The minimum Gasteiger partial charge on any atom is -0.325 e. The maximum Gasteiger partial charge on any atom is 0.234 e. The maximum absolute atomic E-state index is 12.5. The van der Waals surface area contributed by atoms with Gasteiger partial charge in [-0.3, -0.25) is 4.79 Å². The lowest BCUT2D eigenvalue weighted by Crippen LogP contribution is -2.16. The molecule has 4 aromatic rings. The average molecular weight is 406 g/mol. The fourth-order valence-corrected chi connectivity index (χ4v) is 4.16. The first kappa shape index (κ1) is 19.4. The Morgan fingerprint density at radius 1 is 1.10 bits per heavy atom. The van der Waals surface area contributed by atoms with Gasteiger partial charge in [0.05, 0.1) is 11.3 Å². The van der Waals surface area contributed by atoms with Crippen molar-refractivity contribution in [3.63, 3.8) is 0 Å². The van der Waals surface area contributed by atoms with E-state index in [4.69, 9.17) is 0 Å². The van der Waals surface area contributed by atoms with E-state index in [2.05, 4.69) is 45.0 Å². The molecule has 2 heterocycles. The second kappa shape index (κ2) is 8.21. The third-order valence-electron chi connectivity index (χ3n) is 5.01. The van der Waals surface area contributed by atoms with Crippen LogP contribution in [0, 0.1) is 6.92 Å². The van der Waals surface area contributed by atoms with Gasteiger partial charge in [-0.15, -0.1) is 10.2 Å². The smallest absolute Gasteiger partial charge is 0.234 e. The van der Waals surface area contributed by atoms with E-state index in [0.717, 1.165) is 51.8 Å². The summed E-state index contributed by atoms with van der Waals surface area (Å²) >= 11 is 1.30. The maximum atomic E-state index is 12.5. The predicted octanol–water partition coefficient (Wildman–Crippen LogP) is 4.60. The van der Waals surface area contributed by atoms with Gasteiger partial charge in [0.1, 0.15) is 5.52 Å². The molecule has 6 nitrogen and oxygen atoms in total. The Hall–Kier alpha value is -2.93. The number of aromatic nitrogens is 4. The number of carbonyl (C=O) groups is 1. The van der Waals surface area contributed by atoms with Gasteiger partial charge in [0.25, 0.3) is 0 Å². The summed E-state index contributed by atoms with van der Waals surface area (Å²) in [4.78, 5) is 17.2. The molecule has 0 bridgehead atoms. The summed E-state index contributed by atoms with van der Waals surface area (Å²) in [5, 5.41) is 13.2. The van der Waals surface area contributed by atoms with Crippen molar-refractivity contribution in [2.75, 3.05) is 11.1 Å². The van der Waals surface area contributed by atoms with E-state index in [-0.39, 0.29) is 11.7 Å². The quantitative estimate of drug-likeness (QED) is 0.475. The van der Waals surface area contributed by atoms with Crippen LogP contribution in [-0.2, 0) is 17.8 Å². The first-order valence-electron chi connectivity index (χ1n) is 9.75. The molecule has 0 atom stereocenters. The number of amides is 1. The number of carbonyl (C=O) groups excluding carboxylic acids is 1. The standard InChI is InChI=1S/C22H23N5OS/c1-4-15-10-8-9-14(3)19(15)23-18(28)13-29-22-24-21-20(25-26-22)16-11-6-7-12-17(16)27(21)5-2/h6-12H,4-5,13H2,1-3H3,(H,23,28). The fraction of sp³-hybridized carbons (Fsp3) is 0.273. The largest absolute Gasteiger partial charge is 0.325 e. The van der Waals surface area contributed by atoms with Gasteiger partial charge in [0, 0.05) is 17.6 Å². The second-order valence-electron chi connectivity index (χ2n) is 6.83. The zero-order valence-electron chi connectivity index (χ0n) is 16.8. The summed E-state index contributed by atoms with van der Waals surface area (Å²) in [6, 6.07) is 14.2. The molecular formula is C22H23N5OS. The van der Waals surface area contributed by atoms with Crippen LogP contribution in [-0.4, -0.2) is 31.4 Å². The number of fused-ring (bicyclic) bond motifs is 3. The third kappa shape index (κ3) is 3.70. The van der Waals surface area contributed by atoms with E-state index >= 15 is 0 Å². The monoisotopic (exact) mass is 405 g/mol. The van der Waals surface area contributed by atoms with Crippen LogP contribution in [0.5, 0.6) is 0 Å². The molecule has 1 N–H and O–H groups in total. The topological polar surface area (TPSA) is 72.7 Å². The molecule has 2 aromatic heterocycles. The normalized spacial score (nSPS) is 11.3. The van der Waals surface area contributed by atoms with Crippen molar-refractivity contribution in [3.8, 4) is 0 Å². The molecule has 29 heavy (non-hydrogen) atoms. The number of nitrogens with one attached hydrogen (secondary N) is 1. The van der Waals surface area contributed by atoms with E-state index < -0.39 is 0 Å². The molecule has 0 aliphatic heterocycles. The van der Waals surface area contributed by atoms with Crippen molar-refractivity contribution in [1.82, 2.24) is 19.7 Å². The highest BCUT2D eigenvalue weighted by molar-refractivity contribution is 7.99. The van der Waals surface area contributed by atoms with E-state index in [1.807, 2.05) is 43.3 Å². The van der Waals surface area contributed by atoms with Crippen LogP contribution >= 0.6 is 11.8 Å². The first-order valence-corrected chi connectivity index (χ1v) is 10.7. The molecule has 4 rings (SSSR count). The Morgan fingerprint density at radius 2 is 1.93 bits per heavy atom. The first-order chi connectivity index (χ1) is 14.1. The summed E-state index contributed by atoms with van der Waals surface area (Å²) in [6.07, 6.45) is 0.871. The molecule has 148 valence electrons. The molecule has 0 aliphatic carbocycles. The van der Waals surface area contributed by atoms with Crippen molar-refractivity contribution in [3.05, 3.63) is 53.6 Å². The number of nitrogens with zero attached hydrogens (tertiary/aromatic N) is 4. The van der Waals surface area contributed by atoms with Crippen LogP contribution in [0.3, 0.4) is 0 Å². The van der Waals surface area contributed by atoms with Gasteiger partial charge in [-0.1, -0.05) is 55.1 Å². The number of para-hydroxylation sites is 2. The summed E-state index contributed by atoms with van der Waals surface area (Å²) in [7, 11) is 0. The highest BCUT2D eigenvalue weighted by Crippen LogP contribution is 2.27. The molecule has 1 amide bonds. The Balaban J connectivity index is 1.54. The number of anilines is 1. The highest BCUT2D eigenvalue weighted by atomic mass is 32.2. The molecule has 7 heteroatoms. The number of hydrogen-bond donors (Lipinski definition) is 1. The van der Waals surface area contributed by atoms with Gasteiger partial charge < -0.3 is 9.88 Å². The van der Waals surface area contributed by atoms with E-state index in [0.29, 0.717) is 5.16 Å². The van der Waals surface area contributed by atoms with Crippen molar-refractivity contribution < 1.29 is 4.79 Å². The van der Waals surface area contributed by atoms with E-state index in [1.165, 1.54) is 11.8 Å². The average Bonchev–Trinajstić information content (AvgIpc) is 3.06. The van der Waals surface area contributed by atoms with Crippen molar-refractivity contribution in [2.45, 2.75) is 38.9 Å². The van der Waals surface area contributed by atoms with Gasteiger partial charge in [-0.2, -0.15) is 0 Å². The number of benzene rings is 2. The van der Waals surface area contributed by atoms with Crippen molar-refractivity contribution in [1.29, 1.82) is 0 Å². The molecule has 2 aromatic carbocycles. The van der Waals surface area contributed by atoms with Crippen molar-refractivity contribution >= 4 is 45.4 Å². The molecule has 0 saturated heterocycles. The lowest BCUT2D eigenvalue weighted by molar-refractivity contribution is -0.113. The number of aryl methyl sites for hydroxylation is 3. The molecule has 0 saturated carbocycles. The molecule has 0 aliphatic rings. The minimum atomic E-state index is -0.0706. The number of hydrogen-bond acceptors (Lipinski definition) is 5. The summed E-state index contributed by atoms with van der Waals surface area (Å²) in [5.74, 6) is 0.163. The summed E-state index contributed by atoms with van der Waals surface area (Å²) in [6.45, 7) is 6.97. The SMILES string of the molecule is CCc1cccc(C)c1NC(=O)CSc1nnc2c3ccccc3n(CC)c2n1. The Labute approximate surface area is 173 Å². The fourth-order valence-electron chi connectivity index (χ4n) is 3.58. The number of thioether (sulfide) groups is 1. The van der Waals surface area contributed by atoms with Gasteiger partial charge in [0.15, 0.2) is 5.65 Å². The Morgan fingerprint density at radius 3 is 2.72 bits per heavy atom. The molecule has 0 spiro atoms. The van der Waals surface area contributed by atoms with E-state index in [9.17, 15) is 4.79 Å². The lowest BCUT2D eigenvalue weighted by Gasteiger charge is -2.12. The zero-order valence-corrected chi connectivity index (χ0v) is 17.6. The van der Waals surface area contributed by atoms with E-state index in [1.54, 1.807) is 0 Å². The Kier molecular flexibility index (Phi) is 5.49. The lowest BCUT2D eigenvalue weighted by atomic mass is 10.1. The molecule has 0 unspecified atom stereocenters. The summed E-state index contributed by atoms with van der Waals surface area (Å²) < 4.78 is 2.13. The van der Waals surface area contributed by atoms with Gasteiger partial charge in [-0.25, -0.2) is 4.98 Å². The van der Waals surface area contributed by atoms with Crippen LogP contribution in [0.25, 0.3) is 22.1 Å². The van der Waals surface area contributed by atoms with Crippen LogP contribution in [0.4, 0.5) is 5.69 Å². The second-order valence-corrected chi connectivity index (χ2v) is 7.77. The van der Waals surface area contributed by atoms with Gasteiger partial charge >= 0.3 is 0 Å². The van der Waals surface area contributed by atoms with Crippen LogP contribution in [0.2, 0.25) is 0 Å². The highest BCUT2D eigenvalue weighted by Gasteiger charge is 2.15. The molecular weight excluding hydrogens is 382 g/mol. The van der Waals surface area contributed by atoms with Gasteiger partial charge in [-0.05, 0) is 37.5 Å². The number of rotatable bonds is 6. The summed E-state index contributed by atoms with van der Waals surface area (Å²) in [5.41, 5.74) is 5.80. The molecule has 0 radical (unpaired) electrons. The van der Waals surface area contributed by atoms with Gasteiger partial charge in [0.2, 0.25) is 11.1 Å². The predicted molar refractivity (Wildman–Crippen MR) is 118 cm³/mol. The molecule has 0 fully saturated rings. The van der Waals surface area contributed by atoms with Crippen molar-refractivity contribution in [2.24, 2.45) is 0 Å². The Bertz CT molecular complexity index is 1200. The third-order valence-corrected chi connectivity index (χ3v) is 5.85. The zero-order chi connectivity index (χ0) is 20.4. The van der Waals surface area contributed by atoms with Crippen LogP contribution < -0.4 is 5.32 Å². The van der Waals surface area contributed by atoms with Crippen LogP contribution in [0.1, 0.15) is 25.0 Å². The minimum absolute atomic E-state index is 0.0706.